The number of aliphatic hydroxyl groups excluding tert-OH is 1. The number of nitrogens with zero attached hydrogens (tertiary/aromatic N) is 1. The van der Waals surface area contributed by atoms with Crippen LogP contribution in [-0.4, -0.2) is 23.7 Å². The summed E-state index contributed by atoms with van der Waals surface area (Å²) in [6.45, 7) is 0.386. The second-order valence-corrected chi connectivity index (χ2v) is 3.86. The van der Waals surface area contributed by atoms with Gasteiger partial charge in [-0.2, -0.15) is 0 Å². The second kappa shape index (κ2) is 6.02. The monoisotopic (exact) mass is 244 g/mol. The fourth-order valence-electron chi connectivity index (χ4n) is 1.67. The van der Waals surface area contributed by atoms with Crippen molar-refractivity contribution < 1.29 is 9.84 Å². The lowest BCUT2D eigenvalue weighted by Gasteiger charge is -2.14. The molecule has 0 aliphatic carbocycles. The van der Waals surface area contributed by atoms with Crippen molar-refractivity contribution in [3.8, 4) is 5.75 Å². The molecule has 2 N–H and O–H groups in total. The van der Waals surface area contributed by atoms with E-state index in [1.807, 2.05) is 36.4 Å². The molecule has 1 aromatic heterocycles. The van der Waals surface area contributed by atoms with Gasteiger partial charge in [0.05, 0.1) is 13.2 Å². The standard InChI is InChI=1S/C14H16N2O2/c1-18-13-8-5-9-15-14(13)16-10-12(17)11-6-3-2-4-7-11/h2-9,12,17H,10H2,1H3,(H,15,16). The molecule has 0 radical (unpaired) electrons. The number of rotatable bonds is 5. The first kappa shape index (κ1) is 12.4. The molecule has 0 aliphatic rings. The molecule has 1 heterocycles. The third-order valence-electron chi connectivity index (χ3n) is 2.64. The quantitative estimate of drug-likeness (QED) is 0.847. The Morgan fingerprint density at radius 1 is 1.22 bits per heavy atom. The maximum atomic E-state index is 10.0. The Hall–Kier alpha value is -2.07. The van der Waals surface area contributed by atoms with Gasteiger partial charge in [-0.15, -0.1) is 0 Å². The topological polar surface area (TPSA) is 54.4 Å². The van der Waals surface area contributed by atoms with Crippen LogP contribution in [0.3, 0.4) is 0 Å². The zero-order valence-corrected chi connectivity index (χ0v) is 10.2. The second-order valence-electron chi connectivity index (χ2n) is 3.86. The van der Waals surface area contributed by atoms with Gasteiger partial charge in [-0.3, -0.25) is 0 Å². The summed E-state index contributed by atoms with van der Waals surface area (Å²) in [4.78, 5) is 4.17. The van der Waals surface area contributed by atoms with Gasteiger partial charge in [0.2, 0.25) is 0 Å². The minimum Gasteiger partial charge on any atom is -0.493 e. The van der Waals surface area contributed by atoms with Crippen molar-refractivity contribution in [2.75, 3.05) is 19.0 Å². The number of anilines is 1. The number of aromatic nitrogens is 1. The molecule has 94 valence electrons. The van der Waals surface area contributed by atoms with E-state index in [2.05, 4.69) is 10.3 Å². The number of hydrogen-bond donors (Lipinski definition) is 2. The summed E-state index contributed by atoms with van der Waals surface area (Å²) in [7, 11) is 1.59. The molecule has 0 spiro atoms. The highest BCUT2D eigenvalue weighted by atomic mass is 16.5. The average Bonchev–Trinajstić information content (AvgIpc) is 2.46. The maximum Gasteiger partial charge on any atom is 0.168 e. The van der Waals surface area contributed by atoms with Gasteiger partial charge >= 0.3 is 0 Å². The van der Waals surface area contributed by atoms with E-state index in [1.165, 1.54) is 0 Å². The van der Waals surface area contributed by atoms with Gasteiger partial charge < -0.3 is 15.2 Å². The maximum absolute atomic E-state index is 10.0. The first-order valence-electron chi connectivity index (χ1n) is 5.77. The molecular weight excluding hydrogens is 228 g/mol. The van der Waals surface area contributed by atoms with E-state index in [0.29, 0.717) is 18.1 Å². The molecule has 2 rings (SSSR count). The largest absolute Gasteiger partial charge is 0.493 e. The van der Waals surface area contributed by atoms with E-state index in [4.69, 9.17) is 4.74 Å². The third kappa shape index (κ3) is 2.99. The van der Waals surface area contributed by atoms with Crippen LogP contribution in [0.2, 0.25) is 0 Å². The molecule has 1 aromatic carbocycles. The Kier molecular flexibility index (Phi) is 4.15. The fraction of sp³-hybridized carbons (Fsp3) is 0.214. The molecule has 0 saturated heterocycles. The summed E-state index contributed by atoms with van der Waals surface area (Å²) in [5, 5.41) is 13.1. The number of pyridine rings is 1. The summed E-state index contributed by atoms with van der Waals surface area (Å²) in [5.41, 5.74) is 0.875. The average molecular weight is 244 g/mol. The van der Waals surface area contributed by atoms with Gasteiger partial charge in [0.25, 0.3) is 0 Å². The lowest BCUT2D eigenvalue weighted by Crippen LogP contribution is -2.13. The highest BCUT2D eigenvalue weighted by Crippen LogP contribution is 2.21. The molecule has 1 unspecified atom stereocenters. The summed E-state index contributed by atoms with van der Waals surface area (Å²) >= 11 is 0. The number of nitrogens with one attached hydrogen (secondary N) is 1. The lowest BCUT2D eigenvalue weighted by atomic mass is 10.1. The van der Waals surface area contributed by atoms with Crippen LogP contribution in [-0.2, 0) is 0 Å². The van der Waals surface area contributed by atoms with Gasteiger partial charge in [-0.25, -0.2) is 4.98 Å². The highest BCUT2D eigenvalue weighted by Gasteiger charge is 2.08. The molecule has 1 atom stereocenters. The first-order chi connectivity index (χ1) is 8.81. The number of aliphatic hydroxyl groups is 1. The van der Waals surface area contributed by atoms with Crippen LogP contribution in [0, 0.1) is 0 Å². The Morgan fingerprint density at radius 2 is 2.00 bits per heavy atom. The van der Waals surface area contributed by atoms with E-state index in [1.54, 1.807) is 19.4 Å². The minimum absolute atomic E-state index is 0.386. The Balaban J connectivity index is 1.99. The van der Waals surface area contributed by atoms with Crippen LogP contribution in [0.25, 0.3) is 0 Å². The van der Waals surface area contributed by atoms with Crippen LogP contribution < -0.4 is 10.1 Å². The van der Waals surface area contributed by atoms with Crippen LogP contribution in [0.5, 0.6) is 5.75 Å². The van der Waals surface area contributed by atoms with E-state index < -0.39 is 6.10 Å². The number of ether oxygens (including phenoxy) is 1. The van der Waals surface area contributed by atoms with Crippen LogP contribution >= 0.6 is 0 Å². The minimum atomic E-state index is -0.571. The van der Waals surface area contributed by atoms with Crippen LogP contribution in [0.15, 0.2) is 48.7 Å². The predicted molar refractivity (Wildman–Crippen MR) is 70.7 cm³/mol. The predicted octanol–water partition coefficient (Wildman–Crippen LogP) is 2.24. The molecule has 0 aliphatic heterocycles. The van der Waals surface area contributed by atoms with Gasteiger partial charge in [0.15, 0.2) is 11.6 Å². The van der Waals surface area contributed by atoms with Crippen molar-refractivity contribution >= 4 is 5.82 Å². The lowest BCUT2D eigenvalue weighted by molar-refractivity contribution is 0.191. The van der Waals surface area contributed by atoms with Crippen LogP contribution in [0.4, 0.5) is 5.82 Å². The molecule has 0 amide bonds. The molecule has 2 aromatic rings. The van der Waals surface area contributed by atoms with E-state index in [-0.39, 0.29) is 0 Å². The number of benzene rings is 1. The van der Waals surface area contributed by atoms with Crippen molar-refractivity contribution in [3.05, 3.63) is 54.2 Å². The normalized spacial score (nSPS) is 11.9. The van der Waals surface area contributed by atoms with Gasteiger partial charge in [-0.05, 0) is 17.7 Å². The third-order valence-corrected chi connectivity index (χ3v) is 2.64. The molecule has 0 bridgehead atoms. The SMILES string of the molecule is COc1cccnc1NCC(O)c1ccccc1. The van der Waals surface area contributed by atoms with Crippen molar-refractivity contribution in [2.45, 2.75) is 6.10 Å². The molecule has 0 saturated carbocycles. The highest BCUT2D eigenvalue weighted by molar-refractivity contribution is 5.49. The number of methoxy groups -OCH3 is 1. The summed E-state index contributed by atoms with van der Waals surface area (Å²) in [5.74, 6) is 1.30. The Bertz CT molecular complexity index is 488. The van der Waals surface area contributed by atoms with Crippen LogP contribution in [0.1, 0.15) is 11.7 Å². The molecule has 4 nitrogen and oxygen atoms in total. The zero-order chi connectivity index (χ0) is 12.8. The van der Waals surface area contributed by atoms with Gasteiger partial charge in [0.1, 0.15) is 0 Å². The van der Waals surface area contributed by atoms with Gasteiger partial charge in [0, 0.05) is 12.7 Å². The van der Waals surface area contributed by atoms with E-state index in [0.717, 1.165) is 5.56 Å². The van der Waals surface area contributed by atoms with Crippen molar-refractivity contribution in [1.29, 1.82) is 0 Å². The molecule has 18 heavy (non-hydrogen) atoms. The first-order valence-corrected chi connectivity index (χ1v) is 5.77. The Morgan fingerprint density at radius 3 is 2.72 bits per heavy atom. The van der Waals surface area contributed by atoms with Gasteiger partial charge in [-0.1, -0.05) is 30.3 Å². The summed E-state index contributed by atoms with van der Waals surface area (Å²) < 4.78 is 5.18. The van der Waals surface area contributed by atoms with Crippen molar-refractivity contribution in [1.82, 2.24) is 4.98 Å². The Labute approximate surface area is 106 Å². The summed E-state index contributed by atoms with van der Waals surface area (Å²) in [6.07, 6.45) is 1.11. The molecule has 0 fully saturated rings. The fourth-order valence-corrected chi connectivity index (χ4v) is 1.67. The van der Waals surface area contributed by atoms with Crippen molar-refractivity contribution in [2.24, 2.45) is 0 Å². The smallest absolute Gasteiger partial charge is 0.168 e. The summed E-state index contributed by atoms with van der Waals surface area (Å²) in [6, 6.07) is 13.1. The van der Waals surface area contributed by atoms with Crippen molar-refractivity contribution in [3.63, 3.8) is 0 Å². The zero-order valence-electron chi connectivity index (χ0n) is 10.2. The molecular formula is C14H16N2O2. The van der Waals surface area contributed by atoms with E-state index in [9.17, 15) is 5.11 Å². The molecule has 4 heteroatoms. The number of hydrogen-bond acceptors (Lipinski definition) is 4. The van der Waals surface area contributed by atoms with E-state index >= 15 is 0 Å².